The molecule has 0 heterocycles. The van der Waals surface area contributed by atoms with Gasteiger partial charge in [0.15, 0.2) is 5.11 Å². The van der Waals surface area contributed by atoms with Gasteiger partial charge in [0.1, 0.15) is 5.75 Å². The number of carbonyl (C=O) groups excluding carboxylic acids is 2. The first kappa shape index (κ1) is 22.2. The zero-order chi connectivity index (χ0) is 21.2. The van der Waals surface area contributed by atoms with Gasteiger partial charge < -0.3 is 15.4 Å². The highest BCUT2D eigenvalue weighted by molar-refractivity contribution is 7.80. The average molecular weight is 415 g/mol. The summed E-state index contributed by atoms with van der Waals surface area (Å²) in [5, 5.41) is 5.92. The minimum Gasteiger partial charge on any atom is -0.493 e. The number of para-hydroxylation sites is 2. The summed E-state index contributed by atoms with van der Waals surface area (Å²) in [5.41, 5.74) is 8.59. The quantitative estimate of drug-likeness (QED) is 0.411. The van der Waals surface area contributed by atoms with Crippen LogP contribution in [0.3, 0.4) is 0 Å². The van der Waals surface area contributed by atoms with E-state index in [0.717, 1.165) is 23.2 Å². The van der Waals surface area contributed by atoms with E-state index < -0.39 is 11.8 Å². The van der Waals surface area contributed by atoms with Gasteiger partial charge in [0.25, 0.3) is 11.8 Å². The van der Waals surface area contributed by atoms with E-state index in [-0.39, 0.29) is 11.7 Å². The van der Waals surface area contributed by atoms with Crippen LogP contribution in [0.15, 0.2) is 42.5 Å². The van der Waals surface area contributed by atoms with Gasteiger partial charge in [0, 0.05) is 5.69 Å². The Hall–Kier alpha value is -3.13. The van der Waals surface area contributed by atoms with Crippen LogP contribution in [0.1, 0.15) is 35.3 Å². The van der Waals surface area contributed by atoms with Crippen molar-refractivity contribution in [3.8, 4) is 5.75 Å². The summed E-state index contributed by atoms with van der Waals surface area (Å²) < 4.78 is 5.43. The Balaban J connectivity index is 1.83. The highest BCUT2D eigenvalue weighted by Gasteiger charge is 2.13. The van der Waals surface area contributed by atoms with Crippen LogP contribution in [-0.4, -0.2) is 30.1 Å². The molecule has 0 fully saturated rings. The molecule has 0 saturated heterocycles. The lowest BCUT2D eigenvalue weighted by Gasteiger charge is -2.16. The van der Waals surface area contributed by atoms with E-state index in [1.54, 1.807) is 24.3 Å². The average Bonchev–Trinajstić information content (AvgIpc) is 2.72. The zero-order valence-corrected chi connectivity index (χ0v) is 17.6. The van der Waals surface area contributed by atoms with E-state index in [2.05, 4.69) is 28.4 Å². The van der Waals surface area contributed by atoms with Gasteiger partial charge >= 0.3 is 0 Å². The third-order valence-corrected chi connectivity index (χ3v) is 4.34. The van der Waals surface area contributed by atoms with E-state index in [0.29, 0.717) is 17.9 Å². The lowest BCUT2D eigenvalue weighted by molar-refractivity contribution is -0.120. The van der Waals surface area contributed by atoms with Crippen molar-refractivity contribution >= 4 is 34.8 Å². The maximum atomic E-state index is 12.3. The number of amides is 2. The van der Waals surface area contributed by atoms with E-state index in [1.807, 2.05) is 32.0 Å². The molecule has 2 aromatic carbocycles. The maximum Gasteiger partial charge on any atom is 0.257 e. The maximum absolute atomic E-state index is 12.3. The normalized spacial score (nSPS) is 10.0. The fraction of sp³-hybridized carbons (Fsp3) is 0.286. The minimum atomic E-state index is -0.433. The molecule has 0 radical (unpaired) electrons. The monoisotopic (exact) mass is 414 g/mol. The van der Waals surface area contributed by atoms with Gasteiger partial charge in [-0.2, -0.15) is 0 Å². The van der Waals surface area contributed by atoms with Gasteiger partial charge in [0.05, 0.1) is 18.7 Å². The Labute approximate surface area is 176 Å². The van der Waals surface area contributed by atoms with Crippen molar-refractivity contribution in [3.05, 3.63) is 59.2 Å². The molecule has 0 aliphatic rings. The molecule has 4 N–H and O–H groups in total. The lowest BCUT2D eigenvalue weighted by atomic mass is 10.1. The van der Waals surface area contributed by atoms with E-state index in [1.165, 1.54) is 0 Å². The molecule has 0 unspecified atom stereocenters. The number of thiocarbonyl (C=S) groups is 1. The second-order valence-corrected chi connectivity index (χ2v) is 6.61. The van der Waals surface area contributed by atoms with Crippen LogP contribution in [0.2, 0.25) is 0 Å². The van der Waals surface area contributed by atoms with Crippen LogP contribution in [0.5, 0.6) is 5.75 Å². The number of carbonyl (C=O) groups is 2. The number of hydrogen-bond donors (Lipinski definition) is 4. The second-order valence-electron chi connectivity index (χ2n) is 6.20. The molecule has 0 aromatic heterocycles. The molecule has 2 amide bonds. The number of nitrogens with one attached hydrogen (secondary N) is 4. The first-order valence-electron chi connectivity index (χ1n) is 9.40. The Morgan fingerprint density at radius 2 is 1.79 bits per heavy atom. The highest BCUT2D eigenvalue weighted by atomic mass is 32.1. The predicted molar refractivity (Wildman–Crippen MR) is 118 cm³/mol. The number of hydrazine groups is 1. The smallest absolute Gasteiger partial charge is 0.257 e. The summed E-state index contributed by atoms with van der Waals surface area (Å²) in [6.07, 6.45) is 0.855. The molecular formula is C21H26N4O3S. The molecule has 154 valence electrons. The molecule has 7 nitrogen and oxygen atoms in total. The molecule has 2 aromatic rings. The lowest BCUT2D eigenvalue weighted by Crippen LogP contribution is -2.47. The van der Waals surface area contributed by atoms with Gasteiger partial charge in [-0.25, -0.2) is 0 Å². The summed E-state index contributed by atoms with van der Waals surface area (Å²) in [6, 6.07) is 12.9. The SMILES string of the molecule is CCOc1ccccc1C(=O)NCC(=O)NNC(=S)Nc1c(C)cccc1CC. The predicted octanol–water partition coefficient (Wildman–Crippen LogP) is 2.70. The van der Waals surface area contributed by atoms with Gasteiger partial charge in [-0.15, -0.1) is 0 Å². The van der Waals surface area contributed by atoms with Crippen LogP contribution < -0.4 is 26.2 Å². The Morgan fingerprint density at radius 1 is 1.03 bits per heavy atom. The van der Waals surface area contributed by atoms with Crippen LogP contribution in [-0.2, 0) is 11.2 Å². The van der Waals surface area contributed by atoms with Crippen LogP contribution >= 0.6 is 12.2 Å². The molecule has 0 aliphatic carbocycles. The van der Waals surface area contributed by atoms with Crippen LogP contribution in [0.25, 0.3) is 0 Å². The van der Waals surface area contributed by atoms with E-state index >= 15 is 0 Å². The summed E-state index contributed by atoms with van der Waals surface area (Å²) in [6.45, 7) is 6.12. The van der Waals surface area contributed by atoms with Crippen molar-refractivity contribution in [1.82, 2.24) is 16.2 Å². The van der Waals surface area contributed by atoms with E-state index in [9.17, 15) is 9.59 Å². The molecule has 8 heteroatoms. The summed E-state index contributed by atoms with van der Waals surface area (Å²) >= 11 is 5.24. The number of aryl methyl sites for hydroxylation is 2. The Bertz CT molecular complexity index is 886. The molecule has 0 atom stereocenters. The fourth-order valence-electron chi connectivity index (χ4n) is 2.71. The number of rotatable bonds is 7. The molecule has 0 aliphatic heterocycles. The minimum absolute atomic E-state index is 0.209. The number of benzene rings is 2. The highest BCUT2D eigenvalue weighted by Crippen LogP contribution is 2.20. The first-order chi connectivity index (χ1) is 14.0. The Morgan fingerprint density at radius 3 is 2.52 bits per heavy atom. The standard InChI is InChI=1S/C21H26N4O3S/c1-4-15-10-8-9-14(3)19(15)23-21(29)25-24-18(26)13-22-20(27)16-11-6-7-12-17(16)28-5-2/h6-12H,4-5,13H2,1-3H3,(H,22,27)(H,24,26)(H2,23,25,29). The van der Waals surface area contributed by atoms with Crippen LogP contribution in [0, 0.1) is 6.92 Å². The number of anilines is 1. The van der Waals surface area contributed by atoms with E-state index in [4.69, 9.17) is 17.0 Å². The molecular weight excluding hydrogens is 388 g/mol. The third-order valence-electron chi connectivity index (χ3n) is 4.13. The topological polar surface area (TPSA) is 91.5 Å². The summed E-state index contributed by atoms with van der Waals surface area (Å²) in [4.78, 5) is 24.3. The van der Waals surface area contributed by atoms with Crippen LogP contribution in [0.4, 0.5) is 5.69 Å². The van der Waals surface area contributed by atoms with Gasteiger partial charge in [0.2, 0.25) is 0 Å². The third kappa shape index (κ3) is 6.46. The van der Waals surface area contributed by atoms with Gasteiger partial charge in [-0.1, -0.05) is 37.3 Å². The Kier molecular flexibility index (Phi) is 8.42. The molecule has 0 bridgehead atoms. The van der Waals surface area contributed by atoms with Crippen molar-refractivity contribution in [2.45, 2.75) is 27.2 Å². The molecule has 0 spiro atoms. The van der Waals surface area contributed by atoms with Crippen molar-refractivity contribution in [2.24, 2.45) is 0 Å². The number of ether oxygens (including phenoxy) is 1. The van der Waals surface area contributed by atoms with Crippen molar-refractivity contribution in [3.63, 3.8) is 0 Å². The van der Waals surface area contributed by atoms with Crippen molar-refractivity contribution < 1.29 is 14.3 Å². The molecule has 2 rings (SSSR count). The zero-order valence-electron chi connectivity index (χ0n) is 16.8. The van der Waals surface area contributed by atoms with Gasteiger partial charge in [-0.3, -0.25) is 20.4 Å². The van der Waals surface area contributed by atoms with Crippen molar-refractivity contribution in [1.29, 1.82) is 0 Å². The van der Waals surface area contributed by atoms with Gasteiger partial charge in [-0.05, 0) is 55.7 Å². The largest absolute Gasteiger partial charge is 0.493 e. The summed E-state index contributed by atoms with van der Waals surface area (Å²) in [7, 11) is 0. The summed E-state index contributed by atoms with van der Waals surface area (Å²) in [5.74, 6) is -0.351. The van der Waals surface area contributed by atoms with Crippen molar-refractivity contribution in [2.75, 3.05) is 18.5 Å². The molecule has 29 heavy (non-hydrogen) atoms. The fourth-order valence-corrected chi connectivity index (χ4v) is 2.86. The first-order valence-corrected chi connectivity index (χ1v) is 9.81. The molecule has 0 saturated carbocycles. The second kappa shape index (κ2) is 11.0. The number of hydrogen-bond acceptors (Lipinski definition) is 4.